The van der Waals surface area contributed by atoms with Crippen molar-refractivity contribution in [3.8, 4) is 11.5 Å². The summed E-state index contributed by atoms with van der Waals surface area (Å²) in [5.41, 5.74) is 2.58. The Bertz CT molecular complexity index is 467. The normalized spacial score (nSPS) is 23.2. The number of hydrogen-bond donors (Lipinski definition) is 0. The molecule has 1 atom stereocenters. The first kappa shape index (κ1) is 10.7. The third kappa shape index (κ3) is 1.71. The van der Waals surface area contributed by atoms with Gasteiger partial charge in [-0.1, -0.05) is 6.08 Å². The molecule has 0 N–H and O–H groups in total. The van der Waals surface area contributed by atoms with Crippen LogP contribution < -0.4 is 9.47 Å². The highest BCUT2D eigenvalue weighted by atomic mass is 16.5. The minimum atomic E-state index is 0.392. The van der Waals surface area contributed by atoms with Gasteiger partial charge in [-0.2, -0.15) is 0 Å². The van der Waals surface area contributed by atoms with Gasteiger partial charge in [-0.15, -0.1) is 0 Å². The number of likely N-dealkylation sites (N-methyl/N-ethyl adjacent to an activating group) is 1. The minimum absolute atomic E-state index is 0.392. The highest BCUT2D eigenvalue weighted by Gasteiger charge is 2.30. The Morgan fingerprint density at radius 3 is 3.12 bits per heavy atom. The molecule has 17 heavy (non-hydrogen) atoms. The first-order valence-electron chi connectivity index (χ1n) is 6.01. The third-order valence-corrected chi connectivity index (χ3v) is 3.63. The molecule has 3 heteroatoms. The molecule has 2 heterocycles. The van der Waals surface area contributed by atoms with Crippen molar-refractivity contribution >= 4 is 5.57 Å². The summed E-state index contributed by atoms with van der Waals surface area (Å²) in [5, 5.41) is 0. The van der Waals surface area contributed by atoms with Crippen molar-refractivity contribution in [1.82, 2.24) is 4.90 Å². The van der Waals surface area contributed by atoms with Crippen molar-refractivity contribution < 1.29 is 9.47 Å². The quantitative estimate of drug-likeness (QED) is 0.739. The van der Waals surface area contributed by atoms with Crippen LogP contribution >= 0.6 is 0 Å². The zero-order valence-electron chi connectivity index (χ0n) is 10.3. The molecule has 0 bridgehead atoms. The van der Waals surface area contributed by atoms with Crippen molar-refractivity contribution in [3.05, 3.63) is 29.8 Å². The summed E-state index contributed by atoms with van der Waals surface area (Å²) in [7, 11) is 3.86. The van der Waals surface area contributed by atoms with Crippen LogP contribution in [0.2, 0.25) is 0 Å². The third-order valence-electron chi connectivity index (χ3n) is 3.63. The lowest BCUT2D eigenvalue weighted by atomic mass is 9.91. The van der Waals surface area contributed by atoms with E-state index < -0.39 is 0 Å². The summed E-state index contributed by atoms with van der Waals surface area (Å²) in [6, 6.07) is 6.42. The Kier molecular flexibility index (Phi) is 2.56. The van der Waals surface area contributed by atoms with E-state index in [0.29, 0.717) is 6.04 Å². The molecule has 0 saturated carbocycles. The molecule has 3 rings (SSSR count). The highest BCUT2D eigenvalue weighted by molar-refractivity contribution is 5.77. The van der Waals surface area contributed by atoms with Gasteiger partial charge in [0.25, 0.3) is 0 Å². The van der Waals surface area contributed by atoms with Gasteiger partial charge in [-0.3, -0.25) is 4.90 Å². The molecule has 1 unspecified atom stereocenters. The van der Waals surface area contributed by atoms with Crippen molar-refractivity contribution in [2.24, 2.45) is 0 Å². The number of ether oxygens (including phenoxy) is 2. The standard InChI is InChI=1S/C14H17NO2/c1-15-7-3-4-11-12-8-10(16-2)5-6-14(12)17-9-13(11)15/h4-6,8,13H,3,7,9H2,1-2H3. The Morgan fingerprint density at radius 2 is 2.29 bits per heavy atom. The van der Waals surface area contributed by atoms with Crippen LogP contribution in [0, 0.1) is 0 Å². The molecular formula is C14H17NO2. The molecule has 0 amide bonds. The molecule has 0 spiro atoms. The van der Waals surface area contributed by atoms with Crippen molar-refractivity contribution in [2.75, 3.05) is 27.3 Å². The molecule has 0 aromatic heterocycles. The molecule has 0 saturated heterocycles. The van der Waals surface area contributed by atoms with Crippen LogP contribution in [0.4, 0.5) is 0 Å². The van der Waals surface area contributed by atoms with Gasteiger partial charge in [0.2, 0.25) is 0 Å². The lowest BCUT2D eigenvalue weighted by Crippen LogP contribution is -2.42. The average molecular weight is 231 g/mol. The second-order valence-electron chi connectivity index (χ2n) is 4.62. The molecule has 1 aromatic carbocycles. The number of rotatable bonds is 1. The van der Waals surface area contributed by atoms with E-state index in [1.54, 1.807) is 7.11 Å². The lowest BCUT2D eigenvalue weighted by Gasteiger charge is -2.37. The van der Waals surface area contributed by atoms with Crippen LogP contribution in [0.1, 0.15) is 12.0 Å². The fraction of sp³-hybridized carbons (Fsp3) is 0.429. The minimum Gasteiger partial charge on any atom is -0.497 e. The van der Waals surface area contributed by atoms with E-state index in [0.717, 1.165) is 31.1 Å². The monoisotopic (exact) mass is 231 g/mol. The van der Waals surface area contributed by atoms with Crippen LogP contribution in [0.5, 0.6) is 11.5 Å². The number of benzene rings is 1. The molecule has 2 aliphatic heterocycles. The molecule has 0 fully saturated rings. The van der Waals surface area contributed by atoms with Gasteiger partial charge in [-0.05, 0) is 37.2 Å². The molecule has 3 nitrogen and oxygen atoms in total. The Hall–Kier alpha value is -1.48. The summed E-state index contributed by atoms with van der Waals surface area (Å²) >= 11 is 0. The van der Waals surface area contributed by atoms with Crippen molar-refractivity contribution in [2.45, 2.75) is 12.5 Å². The molecule has 0 radical (unpaired) electrons. The van der Waals surface area contributed by atoms with Gasteiger partial charge in [0, 0.05) is 12.1 Å². The zero-order chi connectivity index (χ0) is 11.8. The number of methoxy groups -OCH3 is 1. The summed E-state index contributed by atoms with van der Waals surface area (Å²) in [4.78, 5) is 2.36. The number of hydrogen-bond acceptors (Lipinski definition) is 3. The van der Waals surface area contributed by atoms with E-state index in [4.69, 9.17) is 9.47 Å². The molecule has 2 aliphatic rings. The van der Waals surface area contributed by atoms with Crippen LogP contribution in [0.15, 0.2) is 24.3 Å². The van der Waals surface area contributed by atoms with Crippen LogP contribution in [0.3, 0.4) is 0 Å². The fourth-order valence-corrected chi connectivity index (χ4v) is 2.62. The van der Waals surface area contributed by atoms with Crippen molar-refractivity contribution in [1.29, 1.82) is 0 Å². The predicted octanol–water partition coefficient (Wildman–Crippen LogP) is 2.18. The van der Waals surface area contributed by atoms with E-state index in [2.05, 4.69) is 24.1 Å². The smallest absolute Gasteiger partial charge is 0.127 e. The average Bonchev–Trinajstić information content (AvgIpc) is 2.38. The summed E-state index contributed by atoms with van der Waals surface area (Å²) in [6.45, 7) is 1.86. The number of fused-ring (bicyclic) bond motifs is 3. The van der Waals surface area contributed by atoms with E-state index in [-0.39, 0.29) is 0 Å². The van der Waals surface area contributed by atoms with Gasteiger partial charge in [0.05, 0.1) is 13.2 Å². The maximum atomic E-state index is 5.82. The maximum Gasteiger partial charge on any atom is 0.127 e. The second-order valence-corrected chi connectivity index (χ2v) is 4.62. The van der Waals surface area contributed by atoms with E-state index in [9.17, 15) is 0 Å². The first-order valence-corrected chi connectivity index (χ1v) is 6.01. The maximum absolute atomic E-state index is 5.82. The van der Waals surface area contributed by atoms with Gasteiger partial charge in [0.15, 0.2) is 0 Å². The van der Waals surface area contributed by atoms with Gasteiger partial charge in [-0.25, -0.2) is 0 Å². The van der Waals surface area contributed by atoms with Crippen molar-refractivity contribution in [3.63, 3.8) is 0 Å². The molecule has 90 valence electrons. The van der Waals surface area contributed by atoms with E-state index >= 15 is 0 Å². The highest BCUT2D eigenvalue weighted by Crippen LogP contribution is 2.38. The molecule has 1 aromatic rings. The van der Waals surface area contributed by atoms with Crippen LogP contribution in [-0.4, -0.2) is 38.3 Å². The van der Waals surface area contributed by atoms with Gasteiger partial charge >= 0.3 is 0 Å². The first-order chi connectivity index (χ1) is 8.29. The Balaban J connectivity index is 2.07. The Labute approximate surface area is 102 Å². The van der Waals surface area contributed by atoms with Crippen LogP contribution in [0.25, 0.3) is 5.57 Å². The SMILES string of the molecule is COc1ccc2c(c1)C1=CCCN(C)C1CO2. The van der Waals surface area contributed by atoms with Crippen LogP contribution in [-0.2, 0) is 0 Å². The van der Waals surface area contributed by atoms with Gasteiger partial charge < -0.3 is 9.47 Å². The summed E-state index contributed by atoms with van der Waals surface area (Å²) in [6.07, 6.45) is 3.45. The van der Waals surface area contributed by atoms with Gasteiger partial charge in [0.1, 0.15) is 18.1 Å². The van der Waals surface area contributed by atoms with E-state index in [1.165, 1.54) is 11.1 Å². The Morgan fingerprint density at radius 1 is 1.41 bits per heavy atom. The summed E-state index contributed by atoms with van der Waals surface area (Å²) < 4.78 is 11.1. The molecule has 0 aliphatic carbocycles. The lowest BCUT2D eigenvalue weighted by molar-refractivity contribution is 0.183. The topological polar surface area (TPSA) is 21.7 Å². The van der Waals surface area contributed by atoms with E-state index in [1.807, 2.05) is 12.1 Å². The summed E-state index contributed by atoms with van der Waals surface area (Å²) in [5.74, 6) is 1.87. The zero-order valence-corrected chi connectivity index (χ0v) is 10.3. The largest absolute Gasteiger partial charge is 0.497 e. The molecular weight excluding hydrogens is 214 g/mol. The predicted molar refractivity (Wildman–Crippen MR) is 67.5 cm³/mol. The number of nitrogens with zero attached hydrogens (tertiary/aromatic N) is 1. The fourth-order valence-electron chi connectivity index (χ4n) is 2.62. The second kappa shape index (κ2) is 4.08.